The number of carbonyl (C=O) groups is 2. The zero-order valence-corrected chi connectivity index (χ0v) is 16.4. The van der Waals surface area contributed by atoms with E-state index >= 15 is 0 Å². The number of hydrogen-bond acceptors (Lipinski definition) is 3. The summed E-state index contributed by atoms with van der Waals surface area (Å²) in [6.07, 6.45) is 0.181. The lowest BCUT2D eigenvalue weighted by Crippen LogP contribution is -2.33. The third kappa shape index (κ3) is 7.43. The molecule has 0 aliphatic rings. The molecule has 0 bridgehead atoms. The molecule has 4 nitrogen and oxygen atoms in total. The Morgan fingerprint density at radius 1 is 1.11 bits per heavy atom. The molecule has 1 unspecified atom stereocenters. The van der Waals surface area contributed by atoms with Gasteiger partial charge in [0.15, 0.2) is 0 Å². The highest BCUT2D eigenvalue weighted by molar-refractivity contribution is 7.98. The largest absolute Gasteiger partial charge is 0.355 e. The Bertz CT molecular complexity index is 765. The van der Waals surface area contributed by atoms with Crippen LogP contribution in [0.4, 0.5) is 4.39 Å². The van der Waals surface area contributed by atoms with Gasteiger partial charge in [-0.15, -0.1) is 0 Å². The van der Waals surface area contributed by atoms with Crippen LogP contribution in [0.1, 0.15) is 36.1 Å². The van der Waals surface area contributed by atoms with Gasteiger partial charge < -0.3 is 10.6 Å². The van der Waals surface area contributed by atoms with Gasteiger partial charge in [-0.1, -0.05) is 48.0 Å². The molecule has 2 rings (SSSR count). The summed E-state index contributed by atoms with van der Waals surface area (Å²) in [6.45, 7) is 3.93. The lowest BCUT2D eigenvalue weighted by molar-refractivity contribution is -0.122. The molecule has 0 saturated carbocycles. The van der Waals surface area contributed by atoms with Gasteiger partial charge in [-0.2, -0.15) is 11.8 Å². The van der Waals surface area contributed by atoms with Crippen molar-refractivity contribution in [3.63, 3.8) is 0 Å². The minimum absolute atomic E-state index is 0.124. The highest BCUT2D eigenvalue weighted by atomic mass is 32.2. The molecule has 0 aliphatic heterocycles. The highest BCUT2D eigenvalue weighted by Crippen LogP contribution is 2.18. The van der Waals surface area contributed by atoms with Crippen LogP contribution < -0.4 is 10.6 Å². The second-order valence-corrected chi connectivity index (χ2v) is 7.47. The number of aryl methyl sites for hydroxylation is 1. The fourth-order valence-corrected chi connectivity index (χ4v) is 3.46. The predicted molar refractivity (Wildman–Crippen MR) is 108 cm³/mol. The molecule has 6 heteroatoms. The molecule has 27 heavy (non-hydrogen) atoms. The fourth-order valence-electron chi connectivity index (χ4n) is 2.61. The summed E-state index contributed by atoms with van der Waals surface area (Å²) in [5.74, 6) is 0.760. The third-order valence-corrected chi connectivity index (χ3v) is 5.04. The van der Waals surface area contributed by atoms with Crippen molar-refractivity contribution in [2.24, 2.45) is 0 Å². The van der Waals surface area contributed by atoms with E-state index in [2.05, 4.69) is 10.6 Å². The van der Waals surface area contributed by atoms with Crippen molar-refractivity contribution in [2.75, 3.05) is 12.3 Å². The predicted octanol–water partition coefficient (Wildman–Crippen LogP) is 3.75. The van der Waals surface area contributed by atoms with E-state index in [1.165, 1.54) is 13.0 Å². The van der Waals surface area contributed by atoms with Crippen molar-refractivity contribution in [3.8, 4) is 0 Å². The average molecular weight is 389 g/mol. The minimum Gasteiger partial charge on any atom is -0.355 e. The zero-order chi connectivity index (χ0) is 19.6. The molecule has 1 atom stereocenters. The van der Waals surface area contributed by atoms with E-state index < -0.39 is 0 Å². The van der Waals surface area contributed by atoms with Crippen LogP contribution in [0.25, 0.3) is 0 Å². The van der Waals surface area contributed by atoms with Crippen LogP contribution in [0.5, 0.6) is 0 Å². The average Bonchev–Trinajstić information content (AvgIpc) is 2.62. The third-order valence-electron chi connectivity index (χ3n) is 4.03. The summed E-state index contributed by atoms with van der Waals surface area (Å²) in [7, 11) is 0. The molecule has 144 valence electrons. The van der Waals surface area contributed by atoms with Crippen molar-refractivity contribution in [3.05, 3.63) is 71.0 Å². The van der Waals surface area contributed by atoms with Gasteiger partial charge >= 0.3 is 0 Å². The summed E-state index contributed by atoms with van der Waals surface area (Å²) in [6, 6.07) is 14.1. The Kier molecular flexibility index (Phi) is 8.33. The Morgan fingerprint density at radius 2 is 1.81 bits per heavy atom. The zero-order valence-electron chi connectivity index (χ0n) is 15.6. The minimum atomic E-state index is -0.353. The van der Waals surface area contributed by atoms with Crippen molar-refractivity contribution in [1.82, 2.24) is 10.6 Å². The summed E-state index contributed by atoms with van der Waals surface area (Å²) in [5.41, 5.74) is 2.69. The topological polar surface area (TPSA) is 58.2 Å². The number of nitrogens with one attached hydrogen (secondary N) is 2. The van der Waals surface area contributed by atoms with Crippen LogP contribution in [-0.4, -0.2) is 24.1 Å². The molecule has 2 N–H and O–H groups in total. The molecule has 0 spiro atoms. The van der Waals surface area contributed by atoms with Crippen LogP contribution >= 0.6 is 11.8 Å². The van der Waals surface area contributed by atoms with Crippen molar-refractivity contribution < 1.29 is 14.0 Å². The molecule has 2 amide bonds. The molecule has 2 aromatic rings. The van der Waals surface area contributed by atoms with Gasteiger partial charge in [0, 0.05) is 25.0 Å². The normalized spacial score (nSPS) is 11.7. The van der Waals surface area contributed by atoms with Crippen LogP contribution in [0.2, 0.25) is 0 Å². The van der Waals surface area contributed by atoms with Gasteiger partial charge in [0.1, 0.15) is 5.82 Å². The lowest BCUT2D eigenvalue weighted by atomic mass is 10.0. The second kappa shape index (κ2) is 10.7. The maximum atomic E-state index is 13.5. The molecule has 0 heterocycles. The molecule has 0 saturated heterocycles. The molecular formula is C21H25FN2O2S. The number of halogens is 1. The quantitative estimate of drug-likeness (QED) is 0.643. The molecule has 0 fully saturated rings. The molecular weight excluding hydrogens is 363 g/mol. The molecule has 0 aliphatic carbocycles. The van der Waals surface area contributed by atoms with E-state index in [9.17, 15) is 14.0 Å². The first-order valence-corrected chi connectivity index (χ1v) is 10.0. The number of hydrogen-bond donors (Lipinski definition) is 2. The Balaban J connectivity index is 1.77. The van der Waals surface area contributed by atoms with Gasteiger partial charge in [0.2, 0.25) is 11.8 Å². The first-order valence-electron chi connectivity index (χ1n) is 8.87. The fraction of sp³-hybridized carbons (Fsp3) is 0.333. The van der Waals surface area contributed by atoms with Crippen LogP contribution in [0.15, 0.2) is 48.5 Å². The summed E-state index contributed by atoms with van der Waals surface area (Å²) < 4.78 is 13.5. The summed E-state index contributed by atoms with van der Waals surface area (Å²) >= 11 is 1.57. The number of carbonyl (C=O) groups excluding carboxylic acids is 2. The highest BCUT2D eigenvalue weighted by Gasteiger charge is 2.16. The maximum absolute atomic E-state index is 13.5. The van der Waals surface area contributed by atoms with E-state index in [1.807, 2.05) is 37.3 Å². The number of benzene rings is 2. The van der Waals surface area contributed by atoms with Gasteiger partial charge in [-0.3, -0.25) is 9.59 Å². The lowest BCUT2D eigenvalue weighted by Gasteiger charge is -2.18. The smallest absolute Gasteiger partial charge is 0.222 e. The summed E-state index contributed by atoms with van der Waals surface area (Å²) in [4.78, 5) is 23.7. The van der Waals surface area contributed by atoms with Gasteiger partial charge in [0.25, 0.3) is 0 Å². The van der Waals surface area contributed by atoms with Crippen LogP contribution in [0, 0.1) is 12.7 Å². The first kappa shape index (κ1) is 21.0. The summed E-state index contributed by atoms with van der Waals surface area (Å²) in [5, 5.41) is 5.69. The Labute approximate surface area is 163 Å². The van der Waals surface area contributed by atoms with E-state index in [-0.39, 0.29) is 30.1 Å². The number of thioether (sulfide) groups is 1. The Hall–Kier alpha value is -2.34. The standard InChI is InChI=1S/C21H25FN2O2S/c1-15-7-9-17(10-8-15)20(24-16(2)25)13-21(26)23-11-12-27-14-18-5-3-4-6-19(18)22/h3-10,20H,11-14H2,1-2H3,(H,23,26)(H,24,25). The molecule has 0 radical (unpaired) electrons. The maximum Gasteiger partial charge on any atom is 0.222 e. The van der Waals surface area contributed by atoms with Crippen molar-refractivity contribution in [1.29, 1.82) is 0 Å². The van der Waals surface area contributed by atoms with E-state index in [1.54, 1.807) is 23.9 Å². The van der Waals surface area contributed by atoms with Crippen LogP contribution in [0.3, 0.4) is 0 Å². The second-order valence-electron chi connectivity index (χ2n) is 6.36. The monoisotopic (exact) mass is 388 g/mol. The number of rotatable bonds is 9. The van der Waals surface area contributed by atoms with E-state index in [4.69, 9.17) is 0 Å². The first-order chi connectivity index (χ1) is 13.0. The molecule has 2 aromatic carbocycles. The van der Waals surface area contributed by atoms with Gasteiger partial charge in [-0.25, -0.2) is 4.39 Å². The number of amides is 2. The SMILES string of the molecule is CC(=O)NC(CC(=O)NCCSCc1ccccc1F)c1ccc(C)cc1. The van der Waals surface area contributed by atoms with Gasteiger partial charge in [-0.05, 0) is 24.1 Å². The van der Waals surface area contributed by atoms with E-state index in [0.29, 0.717) is 23.6 Å². The van der Waals surface area contributed by atoms with Crippen molar-refractivity contribution >= 4 is 23.6 Å². The van der Waals surface area contributed by atoms with E-state index in [0.717, 1.165) is 11.1 Å². The van der Waals surface area contributed by atoms with Crippen LogP contribution in [-0.2, 0) is 15.3 Å². The van der Waals surface area contributed by atoms with Crippen molar-refractivity contribution in [2.45, 2.75) is 32.1 Å². The Morgan fingerprint density at radius 3 is 2.48 bits per heavy atom. The van der Waals surface area contributed by atoms with Gasteiger partial charge in [0.05, 0.1) is 12.5 Å². The molecule has 0 aromatic heterocycles.